The van der Waals surface area contributed by atoms with Crippen molar-refractivity contribution < 1.29 is 9.90 Å². The van der Waals surface area contributed by atoms with Crippen molar-refractivity contribution in [1.82, 2.24) is 0 Å². The minimum absolute atomic E-state index is 0.104. The second kappa shape index (κ2) is 5.74. The van der Waals surface area contributed by atoms with E-state index in [0.29, 0.717) is 5.69 Å². The highest BCUT2D eigenvalue weighted by atomic mass is 16.3. The van der Waals surface area contributed by atoms with Gasteiger partial charge in [0.25, 0.3) is 0 Å². The van der Waals surface area contributed by atoms with Crippen molar-refractivity contribution >= 4 is 28.3 Å². The number of phenolic OH excluding ortho intramolecular Hbond substituents is 1. The van der Waals surface area contributed by atoms with Crippen molar-refractivity contribution in [1.29, 1.82) is 0 Å². The first-order valence-corrected chi connectivity index (χ1v) is 6.93. The van der Waals surface area contributed by atoms with Crippen LogP contribution in [0.1, 0.15) is 15.9 Å². The fraction of sp³-hybridized carbons (Fsp3) is 0. The first-order valence-electron chi connectivity index (χ1n) is 6.93. The van der Waals surface area contributed by atoms with Crippen LogP contribution in [0.15, 0.2) is 66.7 Å². The van der Waals surface area contributed by atoms with E-state index in [1.165, 1.54) is 18.2 Å². The number of hydrogen-bond acceptors (Lipinski definition) is 3. The molecule has 0 saturated carbocycles. The highest BCUT2D eigenvalue weighted by molar-refractivity contribution is 6.08. The number of rotatable bonds is 3. The van der Waals surface area contributed by atoms with Gasteiger partial charge in [-0.1, -0.05) is 42.5 Å². The SMILES string of the molecule is Nc1ccc(C(=O)/C=C/c2ccc3ccccc3c2)c(O)c1. The Morgan fingerprint density at radius 3 is 2.50 bits per heavy atom. The molecule has 0 saturated heterocycles. The van der Waals surface area contributed by atoms with Gasteiger partial charge in [0.1, 0.15) is 5.75 Å². The Kier molecular flexibility index (Phi) is 3.62. The van der Waals surface area contributed by atoms with Gasteiger partial charge in [-0.05, 0) is 40.6 Å². The number of benzene rings is 3. The van der Waals surface area contributed by atoms with Crippen molar-refractivity contribution in [3.8, 4) is 5.75 Å². The molecule has 3 nitrogen and oxygen atoms in total. The lowest BCUT2D eigenvalue weighted by Crippen LogP contribution is -1.96. The highest BCUT2D eigenvalue weighted by Crippen LogP contribution is 2.22. The summed E-state index contributed by atoms with van der Waals surface area (Å²) in [7, 11) is 0. The molecular formula is C19H15NO2. The number of hydrogen-bond donors (Lipinski definition) is 2. The van der Waals surface area contributed by atoms with Crippen LogP contribution in [0, 0.1) is 0 Å². The van der Waals surface area contributed by atoms with Gasteiger partial charge >= 0.3 is 0 Å². The number of anilines is 1. The van der Waals surface area contributed by atoms with Crippen molar-refractivity contribution in [3.05, 3.63) is 77.9 Å². The van der Waals surface area contributed by atoms with Crippen LogP contribution in [0.25, 0.3) is 16.8 Å². The molecule has 0 atom stereocenters. The first kappa shape index (κ1) is 13.9. The Morgan fingerprint density at radius 1 is 0.955 bits per heavy atom. The smallest absolute Gasteiger partial charge is 0.189 e. The van der Waals surface area contributed by atoms with Crippen LogP contribution in [0.5, 0.6) is 5.75 Å². The van der Waals surface area contributed by atoms with Crippen LogP contribution in [0.4, 0.5) is 5.69 Å². The monoisotopic (exact) mass is 289 g/mol. The average Bonchev–Trinajstić information content (AvgIpc) is 2.52. The molecule has 3 heteroatoms. The van der Waals surface area contributed by atoms with Crippen molar-refractivity contribution in [2.45, 2.75) is 0 Å². The molecule has 0 aromatic heterocycles. The zero-order valence-electron chi connectivity index (χ0n) is 11.9. The van der Waals surface area contributed by atoms with Gasteiger partial charge in [-0.25, -0.2) is 0 Å². The molecule has 0 unspecified atom stereocenters. The minimum atomic E-state index is -0.259. The number of ketones is 1. The molecule has 0 amide bonds. The van der Waals surface area contributed by atoms with Gasteiger partial charge in [0.15, 0.2) is 5.78 Å². The summed E-state index contributed by atoms with van der Waals surface area (Å²) in [5.41, 5.74) is 7.15. The molecule has 0 aliphatic carbocycles. The zero-order valence-corrected chi connectivity index (χ0v) is 11.9. The number of allylic oxidation sites excluding steroid dienone is 1. The number of carbonyl (C=O) groups is 1. The third-order valence-corrected chi connectivity index (χ3v) is 3.49. The molecule has 3 rings (SSSR count). The van der Waals surface area contributed by atoms with Crippen LogP contribution in [-0.2, 0) is 0 Å². The molecule has 0 heterocycles. The van der Waals surface area contributed by atoms with E-state index in [-0.39, 0.29) is 17.1 Å². The molecule has 3 aromatic rings. The van der Waals surface area contributed by atoms with E-state index in [1.54, 1.807) is 12.1 Å². The summed E-state index contributed by atoms with van der Waals surface area (Å²) in [6.07, 6.45) is 3.19. The Hall–Kier alpha value is -3.07. The summed E-state index contributed by atoms with van der Waals surface area (Å²) in [4.78, 5) is 12.1. The van der Waals surface area contributed by atoms with E-state index < -0.39 is 0 Å². The first-order chi connectivity index (χ1) is 10.6. The average molecular weight is 289 g/mol. The van der Waals surface area contributed by atoms with Gasteiger partial charge in [0.05, 0.1) is 5.56 Å². The van der Waals surface area contributed by atoms with Gasteiger partial charge < -0.3 is 10.8 Å². The van der Waals surface area contributed by atoms with Crippen molar-refractivity contribution in [2.75, 3.05) is 5.73 Å². The molecule has 0 aliphatic rings. The molecule has 0 bridgehead atoms. The van der Waals surface area contributed by atoms with Gasteiger partial charge in [-0.15, -0.1) is 0 Å². The van der Waals surface area contributed by atoms with Gasteiger partial charge in [0, 0.05) is 11.8 Å². The maximum absolute atomic E-state index is 12.1. The summed E-state index contributed by atoms with van der Waals surface area (Å²) < 4.78 is 0. The van der Waals surface area contributed by atoms with Crippen molar-refractivity contribution in [2.24, 2.45) is 0 Å². The number of aromatic hydroxyl groups is 1. The molecule has 22 heavy (non-hydrogen) atoms. The van der Waals surface area contributed by atoms with E-state index >= 15 is 0 Å². The number of nitrogen functional groups attached to an aromatic ring is 1. The summed E-state index contributed by atoms with van der Waals surface area (Å²) in [6, 6.07) is 18.5. The molecule has 108 valence electrons. The fourth-order valence-electron chi connectivity index (χ4n) is 2.33. The lowest BCUT2D eigenvalue weighted by atomic mass is 10.0. The van der Waals surface area contributed by atoms with E-state index in [1.807, 2.05) is 42.5 Å². The molecule has 3 N–H and O–H groups in total. The largest absolute Gasteiger partial charge is 0.507 e. The van der Waals surface area contributed by atoms with Crippen LogP contribution < -0.4 is 5.73 Å². The van der Waals surface area contributed by atoms with Crippen LogP contribution >= 0.6 is 0 Å². The Morgan fingerprint density at radius 2 is 1.73 bits per heavy atom. The third-order valence-electron chi connectivity index (χ3n) is 3.49. The van der Waals surface area contributed by atoms with Crippen LogP contribution in [-0.4, -0.2) is 10.9 Å². The summed E-state index contributed by atoms with van der Waals surface area (Å²) >= 11 is 0. The zero-order chi connectivity index (χ0) is 15.5. The second-order valence-electron chi connectivity index (χ2n) is 5.08. The number of fused-ring (bicyclic) bond motifs is 1. The van der Waals surface area contributed by atoms with Crippen LogP contribution in [0.3, 0.4) is 0 Å². The van der Waals surface area contributed by atoms with E-state index in [2.05, 4.69) is 0 Å². The lowest BCUT2D eigenvalue weighted by Gasteiger charge is -2.02. The maximum Gasteiger partial charge on any atom is 0.189 e. The van der Waals surface area contributed by atoms with E-state index in [4.69, 9.17) is 5.73 Å². The number of phenols is 1. The van der Waals surface area contributed by atoms with Gasteiger partial charge in [-0.3, -0.25) is 4.79 Å². The third kappa shape index (κ3) is 2.83. The molecule has 0 radical (unpaired) electrons. The Labute approximate surface area is 128 Å². The summed E-state index contributed by atoms with van der Waals surface area (Å²) in [5, 5.41) is 12.0. The van der Waals surface area contributed by atoms with Crippen molar-refractivity contribution in [3.63, 3.8) is 0 Å². The second-order valence-corrected chi connectivity index (χ2v) is 5.08. The molecule has 3 aromatic carbocycles. The normalized spacial score (nSPS) is 11.1. The predicted octanol–water partition coefficient (Wildman–Crippen LogP) is 4.02. The van der Waals surface area contributed by atoms with Crippen LogP contribution in [0.2, 0.25) is 0 Å². The number of nitrogens with two attached hydrogens (primary N) is 1. The fourth-order valence-corrected chi connectivity index (χ4v) is 2.33. The summed E-state index contributed by atoms with van der Waals surface area (Å²) in [5.74, 6) is -0.362. The number of carbonyl (C=O) groups excluding carboxylic acids is 1. The van der Waals surface area contributed by atoms with Gasteiger partial charge in [-0.2, -0.15) is 0 Å². The minimum Gasteiger partial charge on any atom is -0.507 e. The molecular weight excluding hydrogens is 274 g/mol. The maximum atomic E-state index is 12.1. The quantitative estimate of drug-likeness (QED) is 0.435. The molecule has 0 spiro atoms. The summed E-state index contributed by atoms with van der Waals surface area (Å²) in [6.45, 7) is 0. The molecule has 0 fully saturated rings. The Bertz CT molecular complexity index is 881. The Balaban J connectivity index is 1.87. The molecule has 0 aliphatic heterocycles. The van der Waals surface area contributed by atoms with E-state index in [9.17, 15) is 9.90 Å². The highest BCUT2D eigenvalue weighted by Gasteiger charge is 2.08. The predicted molar refractivity (Wildman–Crippen MR) is 89.8 cm³/mol. The topological polar surface area (TPSA) is 63.3 Å². The van der Waals surface area contributed by atoms with E-state index in [0.717, 1.165) is 16.3 Å². The van der Waals surface area contributed by atoms with Gasteiger partial charge in [0.2, 0.25) is 0 Å². The lowest BCUT2D eigenvalue weighted by molar-refractivity contribution is 0.104. The standard InChI is InChI=1S/C19H15NO2/c20-16-8-9-17(19(22)12-16)18(21)10-6-13-5-7-14-3-1-2-4-15(14)11-13/h1-12,22H,20H2/b10-6+.